The first-order chi connectivity index (χ1) is 67.1. The van der Waals surface area contributed by atoms with Gasteiger partial charge >= 0.3 is 28.4 Å². The summed E-state index contributed by atoms with van der Waals surface area (Å²) < 4.78 is 6.71. The number of carbonyl (C=O) groups is 16. The molecular weight excluding hydrogens is 1870 g/mol. The van der Waals surface area contributed by atoms with Crippen LogP contribution in [0.15, 0.2) is 108 Å². The first-order valence-corrected chi connectivity index (χ1v) is 42.4. The molecule has 0 spiro atoms. The van der Waals surface area contributed by atoms with Crippen molar-refractivity contribution in [2.45, 2.75) is 52.7 Å². The van der Waals surface area contributed by atoms with Crippen LogP contribution in [-0.4, -0.2) is 366 Å². The zero-order valence-electron chi connectivity index (χ0n) is 75.4. The minimum Gasteiger partial charge on any atom is -0.383 e. The van der Waals surface area contributed by atoms with Crippen LogP contribution in [0.1, 0.15) is 5.56 Å². The monoisotopic (exact) mass is 1970 g/mol. The summed E-state index contributed by atoms with van der Waals surface area (Å²) >= 11 is 0. The number of aryl methyl sites for hydroxylation is 1. The van der Waals surface area contributed by atoms with Gasteiger partial charge in [-0.05, 0) is 31.2 Å². The Morgan fingerprint density at radius 1 is 0.333 bits per heavy atom. The quantitative estimate of drug-likeness (QED) is 0.0168. The molecule has 9 aromatic rings. The summed E-state index contributed by atoms with van der Waals surface area (Å²) in [5.41, 5.74) is 38.5. The van der Waals surface area contributed by atoms with Gasteiger partial charge in [0.15, 0.2) is 22.6 Å². The number of amides is 16. The largest absolute Gasteiger partial charge is 0.383 e. The van der Waals surface area contributed by atoms with Gasteiger partial charge in [0.05, 0.1) is 71.6 Å². The van der Waals surface area contributed by atoms with Crippen LogP contribution in [0.2, 0.25) is 0 Å². The van der Waals surface area contributed by atoms with Gasteiger partial charge in [-0.15, -0.1) is 0 Å². The number of rotatable bonds is 52. The molecule has 141 heavy (non-hydrogen) atoms. The second kappa shape index (κ2) is 50.6. The van der Waals surface area contributed by atoms with Gasteiger partial charge in [0.2, 0.25) is 100 Å². The van der Waals surface area contributed by atoms with Crippen molar-refractivity contribution in [3.63, 3.8) is 0 Å². The van der Waals surface area contributed by atoms with Crippen molar-refractivity contribution in [1.82, 2.24) is 164 Å². The molecule has 9 heterocycles. The van der Waals surface area contributed by atoms with Gasteiger partial charge < -0.3 is 132 Å². The maximum absolute atomic E-state index is 14.3. The highest BCUT2D eigenvalue weighted by molar-refractivity contribution is 5.92. The number of aromatic amines is 2. The van der Waals surface area contributed by atoms with Crippen molar-refractivity contribution in [3.8, 4) is 0 Å². The summed E-state index contributed by atoms with van der Waals surface area (Å²) in [5.74, 6) is -15.1. The number of hydrogen-bond acceptors (Lipinski definition) is 39. The number of aromatic nitrogens is 18. The third kappa shape index (κ3) is 32.6. The van der Waals surface area contributed by atoms with Crippen molar-refractivity contribution in [1.29, 1.82) is 0 Å². The zero-order chi connectivity index (χ0) is 103. The van der Waals surface area contributed by atoms with E-state index in [9.17, 15) is 110 Å². The van der Waals surface area contributed by atoms with Crippen molar-refractivity contribution >= 4 is 152 Å². The number of nitrogens with zero attached hydrogens (tertiary/aromatic N) is 23. The lowest BCUT2D eigenvalue weighted by Gasteiger charge is -2.26. The van der Waals surface area contributed by atoms with E-state index in [4.69, 9.17) is 45.9 Å². The molecule has 0 aromatic carbocycles. The van der Waals surface area contributed by atoms with E-state index in [2.05, 4.69) is 92.4 Å². The van der Waals surface area contributed by atoms with E-state index in [0.29, 0.717) is 0 Å². The Bertz CT molecular complexity index is 6650. The lowest BCUT2D eigenvalue weighted by Crippen LogP contribution is -2.50. The molecular formula is C77H101N41O23. The molecule has 16 amide bonds. The molecule has 9 rings (SSSR count). The van der Waals surface area contributed by atoms with E-state index in [-0.39, 0.29) is 82.6 Å². The molecule has 26 N–H and O–H groups in total. The number of imidazole rings is 2. The Balaban J connectivity index is 0.857. The van der Waals surface area contributed by atoms with E-state index >= 15 is 0 Å². The Morgan fingerprint density at radius 3 is 0.922 bits per heavy atom. The first kappa shape index (κ1) is 106. The average molecular weight is 1970 g/mol. The molecule has 0 unspecified atom stereocenters. The maximum atomic E-state index is 14.3. The molecule has 0 radical (unpaired) electrons. The zero-order valence-corrected chi connectivity index (χ0v) is 75.4. The van der Waals surface area contributed by atoms with Gasteiger partial charge in [-0.1, -0.05) is 0 Å². The smallest absolute Gasteiger partial charge is 0.349 e. The molecule has 0 saturated carbocycles. The van der Waals surface area contributed by atoms with Gasteiger partial charge in [0, 0.05) is 128 Å². The average Bonchev–Trinajstić information content (AvgIpc) is 1.65. The molecule has 64 nitrogen and oxygen atoms in total. The molecule has 0 saturated heterocycles. The second-order valence-corrected chi connectivity index (χ2v) is 30.7. The number of fused-ring (bicyclic) bond motifs is 2. The van der Waals surface area contributed by atoms with E-state index in [1.165, 1.54) is 52.8 Å². The first-order valence-electron chi connectivity index (χ1n) is 42.4. The summed E-state index contributed by atoms with van der Waals surface area (Å²) in [6, 6.07) is 4.84. The van der Waals surface area contributed by atoms with Crippen LogP contribution < -0.4 is 128 Å². The molecule has 0 aliphatic carbocycles. The van der Waals surface area contributed by atoms with Crippen LogP contribution in [0.25, 0.3) is 22.3 Å². The number of hydrogen-bond donors (Lipinski definition) is 18. The summed E-state index contributed by atoms with van der Waals surface area (Å²) in [4.78, 5) is 353. The predicted molar refractivity (Wildman–Crippen MR) is 488 cm³/mol. The summed E-state index contributed by atoms with van der Waals surface area (Å²) in [7, 11) is 0. The number of nitrogen functional groups attached to an aromatic ring is 6. The Morgan fingerprint density at radius 2 is 0.617 bits per heavy atom. The maximum Gasteiger partial charge on any atom is 0.349 e. The number of nitrogens with one attached hydrogen (secondary N) is 10. The topological polar surface area (TPSA) is 902 Å². The Kier molecular flexibility index (Phi) is 38.1. The van der Waals surface area contributed by atoms with Gasteiger partial charge in [-0.3, -0.25) is 119 Å². The van der Waals surface area contributed by atoms with Crippen LogP contribution >= 0.6 is 0 Å². The van der Waals surface area contributed by atoms with Crippen molar-refractivity contribution in [3.05, 3.63) is 153 Å². The Hall–Kier alpha value is -18.6. The predicted octanol–water partition coefficient (Wildman–Crippen LogP) is -17.5. The van der Waals surface area contributed by atoms with Crippen molar-refractivity contribution in [2.75, 3.05) is 185 Å². The highest BCUT2D eigenvalue weighted by atomic mass is 16.2. The van der Waals surface area contributed by atoms with Gasteiger partial charge in [0.1, 0.15) is 80.9 Å². The third-order valence-electron chi connectivity index (χ3n) is 20.2. The van der Waals surface area contributed by atoms with E-state index < -0.39 is 311 Å². The summed E-state index contributed by atoms with van der Waals surface area (Å²) in [6.07, 6.45) is 9.10. The summed E-state index contributed by atoms with van der Waals surface area (Å²) in [6.45, 7) is -16.3. The van der Waals surface area contributed by atoms with Gasteiger partial charge in [0.25, 0.3) is 11.1 Å². The minimum atomic E-state index is -1.04. The number of carbonyl (C=O) groups excluding carboxylic acids is 16. The molecule has 64 heteroatoms. The third-order valence-corrected chi connectivity index (χ3v) is 20.2. The normalized spacial score (nSPS) is 10.9. The molecule has 752 valence electrons. The van der Waals surface area contributed by atoms with Gasteiger partial charge in [-0.25, -0.2) is 43.9 Å². The lowest BCUT2D eigenvalue weighted by molar-refractivity contribution is -0.138. The lowest BCUT2D eigenvalue weighted by atomic mass is 10.3. The molecule has 0 fully saturated rings. The van der Waals surface area contributed by atoms with Gasteiger partial charge in [-0.2, -0.15) is 24.9 Å². The number of H-pyrrole nitrogens is 2. The standard InChI is InChI=1S/C77H101N41O23/c1-44-26-116(77(141)104-70(44)135)38-62(132)109(21-10-90-53(123)29-106(59(129)35-113-14-3-46(80)99-74(113)138)18-7-87-51(121)27-105(17-6-86-50(120)24-78)58(128)34-112-13-2-45(79)98-73(112)137)31-55(125)89-9-20-108(61(131)37-115-16-5-48(82)101-76(115)140)28-52(122)88-8-19-107(60(130)36-114-15-4-47(81)100-75(114)139)30-54(124)91-11-22-110(63(133)39-117-42-96-65-67(84)94-41-95-68(65)117)32-56(126)92-12-23-111(33-57(127)93-25-49(83)119)64(134)40-118-43-97-66-69(118)102-72(85)103-71(66)136/h2-5,13-16,26,41-43H,6-12,17-25,27-40,78H2,1H3,(H2,83,119)(H,86,120)(H,87,121)(H,88,122)(H,89,125)(H,90,123)(H,91,124)(H,92,126)(H,93,127)(H2,79,98,137)(H2,80,99,138)(H2,81,100,139)(H2,82,101,140)(H2,84,94,95)(H,104,135,141)(H3,85,102,103,136). The highest BCUT2D eigenvalue weighted by Gasteiger charge is 2.30. The minimum absolute atomic E-state index is 0.0107. The van der Waals surface area contributed by atoms with E-state index in [1.807, 2.05) is 4.98 Å². The highest BCUT2D eigenvalue weighted by Crippen LogP contribution is 2.15. The van der Waals surface area contributed by atoms with Crippen molar-refractivity contribution < 1.29 is 76.7 Å². The number of anilines is 6. The fourth-order valence-electron chi connectivity index (χ4n) is 13.0. The number of nitrogens with two attached hydrogens (primary N) is 8. The Labute approximate surface area is 791 Å². The molecule has 0 atom stereocenters. The van der Waals surface area contributed by atoms with Crippen molar-refractivity contribution in [2.24, 2.45) is 11.5 Å². The van der Waals surface area contributed by atoms with Crippen LogP contribution in [0.5, 0.6) is 0 Å². The SMILES string of the molecule is Cc1cn(CC(=O)N(CCNC(=O)CN(CCNC(=O)CN(CCNC(=O)CN)C(=O)Cn2ccc(N)nc2=O)C(=O)Cn2ccc(N)nc2=O)CC(=O)NCCN(CC(=O)NCCN(CC(=O)NCCN(CC(=O)NCCN(CC(=O)NCC(N)=O)C(=O)Cn2cnc3c(=O)[nH]c(N)nc32)C(=O)Cn2cnc3c(N)ncnc32)C(=O)Cn2ccc(N)nc2=O)C(=O)Cn2ccc(N)nc2=O)c(=O)[nH]c1=O. The van der Waals surface area contributed by atoms with E-state index in [1.54, 1.807) is 0 Å². The second-order valence-electron chi connectivity index (χ2n) is 30.7. The van der Waals surface area contributed by atoms with Crippen LogP contribution in [0.4, 0.5) is 35.0 Å². The fraction of sp³-hybridized carbons (Fsp3) is 0.403. The van der Waals surface area contributed by atoms with E-state index in [0.717, 1.165) is 94.6 Å². The molecule has 0 aliphatic heterocycles. The molecule has 0 bridgehead atoms. The molecule has 9 aromatic heterocycles. The van der Waals surface area contributed by atoms with Crippen LogP contribution in [0, 0.1) is 6.92 Å². The molecule has 0 aliphatic rings. The summed E-state index contributed by atoms with van der Waals surface area (Å²) in [5, 5.41) is 19.9. The van der Waals surface area contributed by atoms with Crippen LogP contribution in [-0.2, 0) is 123 Å². The fourth-order valence-corrected chi connectivity index (χ4v) is 13.0. The van der Waals surface area contributed by atoms with Crippen LogP contribution in [0.3, 0.4) is 0 Å². The number of primary amides is 1.